The van der Waals surface area contributed by atoms with E-state index in [1.165, 1.54) is 0 Å². The summed E-state index contributed by atoms with van der Waals surface area (Å²) in [6.45, 7) is 0.512. The lowest BCUT2D eigenvalue weighted by Gasteiger charge is -2.08. The molecule has 8 heteroatoms. The molecule has 0 saturated heterocycles. The predicted octanol–water partition coefficient (Wildman–Crippen LogP) is 0.892. The first-order valence-corrected chi connectivity index (χ1v) is 4.64. The van der Waals surface area contributed by atoms with Gasteiger partial charge in [-0.25, -0.2) is 4.68 Å². The molecular weight excluding hydrogens is 225 g/mol. The number of nitrogens with zero attached hydrogens (tertiary/aromatic N) is 3. The summed E-state index contributed by atoms with van der Waals surface area (Å²) < 4.78 is 37.2. The van der Waals surface area contributed by atoms with Crippen LogP contribution in [0.5, 0.6) is 0 Å². The highest BCUT2D eigenvalue weighted by Crippen LogP contribution is 2.19. The van der Waals surface area contributed by atoms with E-state index >= 15 is 0 Å². The van der Waals surface area contributed by atoms with Gasteiger partial charge in [-0.2, -0.15) is 13.2 Å². The molecule has 16 heavy (non-hydrogen) atoms. The zero-order valence-corrected chi connectivity index (χ0v) is 8.58. The van der Waals surface area contributed by atoms with E-state index in [4.69, 9.17) is 5.73 Å². The molecule has 0 unspecified atom stereocenters. The zero-order valence-electron chi connectivity index (χ0n) is 8.58. The second kappa shape index (κ2) is 4.50. The Hall–Kier alpha value is -1.60. The minimum atomic E-state index is -4.40. The van der Waals surface area contributed by atoms with Gasteiger partial charge in [-0.15, -0.1) is 5.10 Å². The molecule has 1 aromatic heterocycles. The summed E-state index contributed by atoms with van der Waals surface area (Å²) in [6.07, 6.45) is -3.54. The summed E-state index contributed by atoms with van der Waals surface area (Å²) in [5.41, 5.74) is 4.93. The number of alkyl halides is 3. The first kappa shape index (κ1) is 12.5. The van der Waals surface area contributed by atoms with Crippen LogP contribution in [0.2, 0.25) is 0 Å². The molecule has 5 nitrogen and oxygen atoms in total. The second-order valence-electron chi connectivity index (χ2n) is 3.27. The fraction of sp³-hybridized carbons (Fsp3) is 0.625. The number of primary amides is 1. The third-order valence-corrected chi connectivity index (χ3v) is 1.89. The lowest BCUT2D eigenvalue weighted by molar-refractivity contribution is -0.143. The molecule has 0 aliphatic carbocycles. The molecule has 0 aliphatic heterocycles. The van der Waals surface area contributed by atoms with Gasteiger partial charge < -0.3 is 5.73 Å². The molecular formula is C8H11F3N4O. The van der Waals surface area contributed by atoms with Crippen LogP contribution >= 0.6 is 0 Å². The number of carbonyl (C=O) groups is 1. The van der Waals surface area contributed by atoms with Crippen molar-refractivity contribution in [2.45, 2.75) is 32.5 Å². The maximum atomic E-state index is 12.2. The van der Waals surface area contributed by atoms with Gasteiger partial charge >= 0.3 is 6.18 Å². The van der Waals surface area contributed by atoms with Crippen molar-refractivity contribution < 1.29 is 18.0 Å². The van der Waals surface area contributed by atoms with Gasteiger partial charge in [0, 0.05) is 0 Å². The van der Waals surface area contributed by atoms with Gasteiger partial charge in [0.05, 0.1) is 5.69 Å². The van der Waals surface area contributed by atoms with Gasteiger partial charge in [0.25, 0.3) is 5.91 Å². The normalized spacial score (nSPS) is 11.8. The minimum Gasteiger partial charge on any atom is -0.364 e. The van der Waals surface area contributed by atoms with E-state index in [1.54, 1.807) is 6.92 Å². The van der Waals surface area contributed by atoms with E-state index in [0.717, 1.165) is 0 Å². The first-order valence-electron chi connectivity index (χ1n) is 4.64. The quantitative estimate of drug-likeness (QED) is 0.843. The van der Waals surface area contributed by atoms with Crippen LogP contribution in [0.4, 0.5) is 13.2 Å². The monoisotopic (exact) mass is 236 g/mol. The average Bonchev–Trinajstić information content (AvgIpc) is 2.47. The Morgan fingerprint density at radius 2 is 2.12 bits per heavy atom. The highest BCUT2D eigenvalue weighted by Gasteiger charge is 2.31. The van der Waals surface area contributed by atoms with Crippen LogP contribution in [0.3, 0.4) is 0 Å². The van der Waals surface area contributed by atoms with Crippen LogP contribution in [0.25, 0.3) is 0 Å². The van der Waals surface area contributed by atoms with E-state index in [-0.39, 0.29) is 17.8 Å². The lowest BCUT2D eigenvalue weighted by Crippen LogP contribution is -2.21. The Kier molecular flexibility index (Phi) is 3.51. The van der Waals surface area contributed by atoms with Crippen LogP contribution in [0.15, 0.2) is 0 Å². The number of hydrogen-bond donors (Lipinski definition) is 1. The molecule has 0 aromatic carbocycles. The summed E-state index contributed by atoms with van der Waals surface area (Å²) in [5.74, 6) is -0.864. The van der Waals surface area contributed by atoms with Crippen molar-refractivity contribution in [2.24, 2.45) is 5.73 Å². The molecule has 0 radical (unpaired) electrons. The predicted molar refractivity (Wildman–Crippen MR) is 48.6 cm³/mol. The third kappa shape index (κ3) is 2.94. The summed E-state index contributed by atoms with van der Waals surface area (Å²) in [7, 11) is 0. The highest BCUT2D eigenvalue weighted by molar-refractivity contribution is 5.91. The standard InChI is InChI=1S/C8H11F3N4O/c1-2-3-5-6(7(12)16)13-14-15(5)4-8(9,10)11/h2-4H2,1H3,(H2,12,16). The molecule has 0 spiro atoms. The molecule has 0 atom stereocenters. The molecule has 1 amide bonds. The first-order chi connectivity index (χ1) is 7.35. The summed E-state index contributed by atoms with van der Waals surface area (Å²) in [4.78, 5) is 10.9. The lowest BCUT2D eigenvalue weighted by atomic mass is 10.2. The fourth-order valence-electron chi connectivity index (χ4n) is 1.31. The van der Waals surface area contributed by atoms with Gasteiger partial charge in [0.15, 0.2) is 5.69 Å². The van der Waals surface area contributed by atoms with Crippen LogP contribution in [-0.4, -0.2) is 27.1 Å². The van der Waals surface area contributed by atoms with Crippen LogP contribution < -0.4 is 5.73 Å². The fourth-order valence-corrected chi connectivity index (χ4v) is 1.31. The van der Waals surface area contributed by atoms with Gasteiger partial charge in [0.2, 0.25) is 0 Å². The van der Waals surface area contributed by atoms with Gasteiger partial charge in [-0.05, 0) is 6.42 Å². The molecule has 0 fully saturated rings. The molecule has 1 rings (SSSR count). The molecule has 1 aromatic rings. The van der Waals surface area contributed by atoms with Crippen molar-refractivity contribution in [2.75, 3.05) is 0 Å². The summed E-state index contributed by atoms with van der Waals surface area (Å²) >= 11 is 0. The number of aromatic nitrogens is 3. The third-order valence-electron chi connectivity index (χ3n) is 1.89. The second-order valence-corrected chi connectivity index (χ2v) is 3.27. The number of amides is 1. The van der Waals surface area contributed by atoms with Gasteiger partial charge in [-0.1, -0.05) is 18.6 Å². The van der Waals surface area contributed by atoms with Crippen molar-refractivity contribution in [3.8, 4) is 0 Å². The van der Waals surface area contributed by atoms with E-state index in [1.807, 2.05) is 0 Å². The van der Waals surface area contributed by atoms with Crippen molar-refractivity contribution in [3.63, 3.8) is 0 Å². The average molecular weight is 236 g/mol. The van der Waals surface area contributed by atoms with E-state index in [0.29, 0.717) is 11.1 Å². The van der Waals surface area contributed by atoms with Crippen molar-refractivity contribution in [1.29, 1.82) is 0 Å². The molecule has 2 N–H and O–H groups in total. The van der Waals surface area contributed by atoms with E-state index < -0.39 is 18.6 Å². The Morgan fingerprint density at radius 1 is 1.50 bits per heavy atom. The number of nitrogens with two attached hydrogens (primary N) is 1. The zero-order chi connectivity index (χ0) is 12.3. The van der Waals surface area contributed by atoms with Crippen LogP contribution in [-0.2, 0) is 13.0 Å². The topological polar surface area (TPSA) is 73.8 Å². The Balaban J connectivity index is 3.05. The van der Waals surface area contributed by atoms with E-state index in [2.05, 4.69) is 10.3 Å². The molecule has 0 aliphatic rings. The Labute approximate surface area is 89.4 Å². The van der Waals surface area contributed by atoms with Crippen LogP contribution in [0.1, 0.15) is 29.5 Å². The number of hydrogen-bond acceptors (Lipinski definition) is 3. The molecule has 1 heterocycles. The summed E-state index contributed by atoms with van der Waals surface area (Å²) in [5, 5.41) is 6.64. The minimum absolute atomic E-state index is 0.132. The van der Waals surface area contributed by atoms with Gasteiger partial charge in [-0.3, -0.25) is 4.79 Å². The van der Waals surface area contributed by atoms with Crippen molar-refractivity contribution >= 4 is 5.91 Å². The maximum absolute atomic E-state index is 12.2. The SMILES string of the molecule is CCCc1c(C(N)=O)nnn1CC(F)(F)F. The van der Waals surface area contributed by atoms with E-state index in [9.17, 15) is 18.0 Å². The number of carbonyl (C=O) groups excluding carboxylic acids is 1. The molecule has 0 bridgehead atoms. The molecule has 90 valence electrons. The number of rotatable bonds is 4. The van der Waals surface area contributed by atoms with Crippen LogP contribution in [0, 0.1) is 0 Å². The molecule has 0 saturated carbocycles. The highest BCUT2D eigenvalue weighted by atomic mass is 19.4. The van der Waals surface area contributed by atoms with Gasteiger partial charge in [0.1, 0.15) is 6.54 Å². The number of halogens is 3. The Bertz CT molecular complexity index is 385. The maximum Gasteiger partial charge on any atom is 0.408 e. The Morgan fingerprint density at radius 3 is 2.56 bits per heavy atom. The largest absolute Gasteiger partial charge is 0.408 e. The smallest absolute Gasteiger partial charge is 0.364 e. The summed E-state index contributed by atoms with van der Waals surface area (Å²) in [6, 6.07) is 0. The van der Waals surface area contributed by atoms with Crippen molar-refractivity contribution in [3.05, 3.63) is 11.4 Å². The van der Waals surface area contributed by atoms with Crippen molar-refractivity contribution in [1.82, 2.24) is 15.0 Å².